The van der Waals surface area contributed by atoms with E-state index in [4.69, 9.17) is 23.8 Å². The van der Waals surface area contributed by atoms with E-state index in [-0.39, 0.29) is 0 Å². The summed E-state index contributed by atoms with van der Waals surface area (Å²) < 4.78 is 0. The van der Waals surface area contributed by atoms with E-state index in [0.29, 0.717) is 0 Å². The molecule has 0 aliphatic rings. The summed E-state index contributed by atoms with van der Waals surface area (Å²) >= 11 is 11.6. The second-order valence-electron chi connectivity index (χ2n) is 6.15. The standard InChI is InChI=1S/C19H24ClN3S/c1-22(2)13-6-14-23(15-16-7-4-3-5-8-16)19(24)21-18-11-9-17(20)10-12-18/h3-5,7-12H,6,13-15H2,1-2H3,(H,21,24)/p+1. The maximum atomic E-state index is 5.94. The molecule has 5 heteroatoms. The lowest BCUT2D eigenvalue weighted by atomic mass is 10.2. The average molecular weight is 363 g/mol. The van der Waals surface area contributed by atoms with Gasteiger partial charge in [-0.3, -0.25) is 0 Å². The zero-order valence-corrected chi connectivity index (χ0v) is 15.8. The fourth-order valence-electron chi connectivity index (χ4n) is 2.42. The number of nitrogens with one attached hydrogen (secondary N) is 2. The fourth-order valence-corrected chi connectivity index (χ4v) is 2.82. The molecular formula is C19H25ClN3S+. The summed E-state index contributed by atoms with van der Waals surface area (Å²) in [6.07, 6.45) is 1.09. The van der Waals surface area contributed by atoms with Gasteiger partial charge in [0.25, 0.3) is 0 Å². The summed E-state index contributed by atoms with van der Waals surface area (Å²) in [5.74, 6) is 0. The first kappa shape index (κ1) is 18.7. The lowest BCUT2D eigenvalue weighted by Gasteiger charge is -2.26. The molecule has 0 bridgehead atoms. The highest BCUT2D eigenvalue weighted by Gasteiger charge is 2.11. The molecule has 0 aliphatic heterocycles. The van der Waals surface area contributed by atoms with E-state index < -0.39 is 0 Å². The second kappa shape index (κ2) is 9.62. The molecule has 0 fully saturated rings. The number of nitrogens with zero attached hydrogens (tertiary/aromatic N) is 1. The Balaban J connectivity index is 2.02. The van der Waals surface area contributed by atoms with Crippen LogP contribution in [0.15, 0.2) is 54.6 Å². The van der Waals surface area contributed by atoms with Gasteiger partial charge in [0.15, 0.2) is 5.11 Å². The minimum Gasteiger partial charge on any atom is -0.344 e. The summed E-state index contributed by atoms with van der Waals surface area (Å²) in [6.45, 7) is 2.86. The van der Waals surface area contributed by atoms with Crippen LogP contribution in [0.25, 0.3) is 0 Å². The number of anilines is 1. The number of benzene rings is 2. The van der Waals surface area contributed by atoms with Gasteiger partial charge < -0.3 is 15.1 Å². The second-order valence-corrected chi connectivity index (χ2v) is 6.98. The van der Waals surface area contributed by atoms with Crippen molar-refractivity contribution in [2.75, 3.05) is 32.5 Å². The van der Waals surface area contributed by atoms with Crippen molar-refractivity contribution >= 4 is 34.6 Å². The largest absolute Gasteiger partial charge is 0.344 e. The number of quaternary nitrogens is 1. The Morgan fingerprint density at radius 2 is 1.75 bits per heavy atom. The topological polar surface area (TPSA) is 19.7 Å². The van der Waals surface area contributed by atoms with Crippen LogP contribution in [-0.2, 0) is 6.54 Å². The molecule has 2 aromatic rings. The van der Waals surface area contributed by atoms with Gasteiger partial charge in [-0.05, 0) is 42.0 Å². The van der Waals surface area contributed by atoms with Gasteiger partial charge >= 0.3 is 0 Å². The molecule has 128 valence electrons. The first-order chi connectivity index (χ1) is 11.5. The SMILES string of the molecule is C[NH+](C)CCCN(Cc1ccccc1)C(=S)Nc1ccc(Cl)cc1. The van der Waals surface area contributed by atoms with Crippen molar-refractivity contribution in [2.24, 2.45) is 0 Å². The van der Waals surface area contributed by atoms with E-state index in [1.807, 2.05) is 30.3 Å². The van der Waals surface area contributed by atoms with Gasteiger partial charge in [0, 0.05) is 30.2 Å². The van der Waals surface area contributed by atoms with E-state index in [2.05, 4.69) is 48.6 Å². The summed E-state index contributed by atoms with van der Waals surface area (Å²) in [5, 5.41) is 4.79. The normalized spacial score (nSPS) is 10.7. The lowest BCUT2D eigenvalue weighted by molar-refractivity contribution is -0.858. The molecule has 3 nitrogen and oxygen atoms in total. The maximum absolute atomic E-state index is 5.94. The first-order valence-electron chi connectivity index (χ1n) is 8.19. The van der Waals surface area contributed by atoms with Crippen molar-refractivity contribution in [3.8, 4) is 0 Å². The van der Waals surface area contributed by atoms with Gasteiger partial charge in [0.2, 0.25) is 0 Å². The smallest absolute Gasteiger partial charge is 0.173 e. The van der Waals surface area contributed by atoms with E-state index in [1.54, 1.807) is 0 Å². The number of hydrogen-bond donors (Lipinski definition) is 2. The highest BCUT2D eigenvalue weighted by molar-refractivity contribution is 7.80. The summed E-state index contributed by atoms with van der Waals surface area (Å²) in [7, 11) is 4.34. The summed E-state index contributed by atoms with van der Waals surface area (Å²) in [6, 6.07) is 18.0. The van der Waals surface area contributed by atoms with Crippen LogP contribution >= 0.6 is 23.8 Å². The third kappa shape index (κ3) is 6.48. The summed E-state index contributed by atoms with van der Waals surface area (Å²) in [5.41, 5.74) is 2.22. The fraction of sp³-hybridized carbons (Fsp3) is 0.316. The van der Waals surface area contributed by atoms with Gasteiger partial charge in [-0.1, -0.05) is 41.9 Å². The highest BCUT2D eigenvalue weighted by atomic mass is 35.5. The molecule has 0 aliphatic carbocycles. The van der Waals surface area contributed by atoms with E-state index in [1.165, 1.54) is 10.5 Å². The third-order valence-electron chi connectivity index (χ3n) is 3.70. The third-order valence-corrected chi connectivity index (χ3v) is 4.32. The molecule has 0 saturated heterocycles. The van der Waals surface area contributed by atoms with Crippen LogP contribution in [0.2, 0.25) is 5.02 Å². The molecule has 0 amide bonds. The molecule has 0 radical (unpaired) electrons. The molecule has 2 rings (SSSR count). The molecule has 0 unspecified atom stereocenters. The molecule has 0 aromatic heterocycles. The lowest BCUT2D eigenvalue weighted by Crippen LogP contribution is -3.05. The zero-order chi connectivity index (χ0) is 17.4. The van der Waals surface area contributed by atoms with E-state index in [0.717, 1.165) is 41.9 Å². The van der Waals surface area contributed by atoms with Crippen molar-refractivity contribution in [3.63, 3.8) is 0 Å². The minimum atomic E-state index is 0.724. The number of rotatable bonds is 7. The molecule has 24 heavy (non-hydrogen) atoms. The molecule has 0 heterocycles. The maximum Gasteiger partial charge on any atom is 0.173 e. The Morgan fingerprint density at radius 1 is 1.08 bits per heavy atom. The molecule has 0 saturated carbocycles. The van der Waals surface area contributed by atoms with Crippen LogP contribution in [-0.4, -0.2) is 37.2 Å². The molecule has 0 spiro atoms. The van der Waals surface area contributed by atoms with Gasteiger partial charge in [-0.2, -0.15) is 0 Å². The van der Waals surface area contributed by atoms with Crippen LogP contribution in [0.3, 0.4) is 0 Å². The van der Waals surface area contributed by atoms with Crippen LogP contribution in [0.5, 0.6) is 0 Å². The molecule has 2 N–H and O–H groups in total. The van der Waals surface area contributed by atoms with Crippen molar-refractivity contribution in [2.45, 2.75) is 13.0 Å². The Morgan fingerprint density at radius 3 is 2.38 bits per heavy atom. The van der Waals surface area contributed by atoms with Crippen molar-refractivity contribution in [1.82, 2.24) is 4.90 Å². The summed E-state index contributed by atoms with van der Waals surface area (Å²) in [4.78, 5) is 3.67. The van der Waals surface area contributed by atoms with Crippen LogP contribution in [0, 0.1) is 0 Å². The van der Waals surface area contributed by atoms with Gasteiger partial charge in [-0.15, -0.1) is 0 Å². The zero-order valence-electron chi connectivity index (χ0n) is 14.3. The predicted octanol–water partition coefficient (Wildman–Crippen LogP) is 3.07. The van der Waals surface area contributed by atoms with Crippen LogP contribution < -0.4 is 10.2 Å². The van der Waals surface area contributed by atoms with E-state index >= 15 is 0 Å². The molecular weight excluding hydrogens is 338 g/mol. The number of thiocarbonyl (C=S) groups is 1. The van der Waals surface area contributed by atoms with Crippen molar-refractivity contribution < 1.29 is 4.90 Å². The van der Waals surface area contributed by atoms with Gasteiger partial charge in [0.05, 0.1) is 20.6 Å². The van der Waals surface area contributed by atoms with E-state index in [9.17, 15) is 0 Å². The molecule has 2 aromatic carbocycles. The first-order valence-corrected chi connectivity index (χ1v) is 8.97. The number of hydrogen-bond acceptors (Lipinski definition) is 1. The van der Waals surface area contributed by atoms with Crippen LogP contribution in [0.1, 0.15) is 12.0 Å². The number of halogens is 1. The quantitative estimate of drug-likeness (QED) is 0.738. The van der Waals surface area contributed by atoms with Gasteiger partial charge in [0.1, 0.15) is 0 Å². The van der Waals surface area contributed by atoms with Gasteiger partial charge in [-0.25, -0.2) is 0 Å². The highest BCUT2D eigenvalue weighted by Crippen LogP contribution is 2.15. The van der Waals surface area contributed by atoms with Crippen LogP contribution in [0.4, 0.5) is 5.69 Å². The minimum absolute atomic E-state index is 0.724. The van der Waals surface area contributed by atoms with Crippen molar-refractivity contribution in [3.05, 3.63) is 65.2 Å². The van der Waals surface area contributed by atoms with Crippen molar-refractivity contribution in [1.29, 1.82) is 0 Å². The Hall–Kier alpha value is -1.62. The Bertz CT molecular complexity index is 629. The Kier molecular flexibility index (Phi) is 7.50. The average Bonchev–Trinajstić information content (AvgIpc) is 2.56. The predicted molar refractivity (Wildman–Crippen MR) is 107 cm³/mol. The molecule has 0 atom stereocenters. The monoisotopic (exact) mass is 362 g/mol. The Labute approximate surface area is 155 Å².